The number of methoxy groups -OCH3 is 1. The van der Waals surface area contributed by atoms with E-state index < -0.39 is 47.6 Å². The summed E-state index contributed by atoms with van der Waals surface area (Å²) in [5.74, 6) is -1.53. The van der Waals surface area contributed by atoms with Gasteiger partial charge in [-0.2, -0.15) is 0 Å². The average Bonchev–Trinajstić information content (AvgIpc) is 3.75. The van der Waals surface area contributed by atoms with Crippen LogP contribution in [0.1, 0.15) is 72.6 Å². The molecule has 12 nitrogen and oxygen atoms in total. The van der Waals surface area contributed by atoms with Crippen LogP contribution < -0.4 is 20.7 Å². The van der Waals surface area contributed by atoms with E-state index in [4.69, 9.17) is 18.9 Å². The van der Waals surface area contributed by atoms with Crippen molar-refractivity contribution in [1.29, 1.82) is 0 Å². The number of hydrogen-bond donors (Lipinski definition) is 4. The largest absolute Gasteiger partial charge is 0.469 e. The molecular formula is C36H37N5O7. The van der Waals surface area contributed by atoms with Crippen LogP contribution in [0.15, 0.2) is 65.3 Å². The molecule has 5 heterocycles. The van der Waals surface area contributed by atoms with Crippen LogP contribution in [0.4, 0.5) is 5.69 Å². The van der Waals surface area contributed by atoms with Gasteiger partial charge in [-0.05, 0) is 41.2 Å². The highest BCUT2D eigenvalue weighted by Gasteiger charge is 2.61. The van der Waals surface area contributed by atoms with E-state index in [1.807, 2.05) is 62.4 Å². The maximum atomic E-state index is 13.9. The lowest BCUT2D eigenvalue weighted by atomic mass is 9.72. The molecule has 48 heavy (non-hydrogen) atoms. The number of aliphatic hydroxyl groups is 1. The highest BCUT2D eigenvalue weighted by Crippen LogP contribution is 2.60. The molecule has 0 fully saturated rings. The molecule has 4 aromatic rings. The van der Waals surface area contributed by atoms with Crippen LogP contribution >= 0.6 is 0 Å². The van der Waals surface area contributed by atoms with Crippen LogP contribution in [0.3, 0.4) is 0 Å². The van der Waals surface area contributed by atoms with Gasteiger partial charge in [0.15, 0.2) is 17.7 Å². The van der Waals surface area contributed by atoms with Gasteiger partial charge in [0.25, 0.3) is 0 Å². The standard InChI is InChI=1S/C36H37N5O7/c1-17(2)26-33-40-28(34(45)46-5)30(48-33)36-22-8-6-7-21(20-11-13-37-14-12-20)27(22)41-35(36)47-25-10-9-19(15-23(25)36)16-24(31(43)39-26)38-32(44)29(42)18(3)4/h6-15,17-18,24,26,29,35,41-42H,16H2,1-5H3,(H,38,44)(H,39,43)/t24-,26-,29-,35?,36-/m0/s1. The zero-order chi connectivity index (χ0) is 33.9. The molecule has 4 bridgehead atoms. The third-order valence-electron chi connectivity index (χ3n) is 9.45. The lowest BCUT2D eigenvalue weighted by Crippen LogP contribution is -2.52. The first-order valence-electron chi connectivity index (χ1n) is 16.0. The highest BCUT2D eigenvalue weighted by molar-refractivity contribution is 5.93. The Balaban J connectivity index is 1.49. The summed E-state index contributed by atoms with van der Waals surface area (Å²) in [4.78, 5) is 49.4. The number of anilines is 1. The molecule has 12 heteroatoms. The molecule has 1 spiro atoms. The van der Waals surface area contributed by atoms with Gasteiger partial charge in [-0.25, -0.2) is 9.78 Å². The smallest absolute Gasteiger partial charge is 0.360 e. The van der Waals surface area contributed by atoms with Crippen molar-refractivity contribution in [3.63, 3.8) is 0 Å². The normalized spacial score (nSPS) is 22.8. The third kappa shape index (κ3) is 4.81. The number of aliphatic hydroxyl groups excluding tert-OH is 1. The van der Waals surface area contributed by atoms with Gasteiger partial charge in [0.2, 0.25) is 17.7 Å². The number of carbonyl (C=O) groups is 3. The maximum absolute atomic E-state index is 13.9. The second kappa shape index (κ2) is 11.8. The van der Waals surface area contributed by atoms with E-state index in [9.17, 15) is 19.5 Å². The van der Waals surface area contributed by atoms with Crippen molar-refractivity contribution in [2.24, 2.45) is 11.8 Å². The van der Waals surface area contributed by atoms with E-state index in [1.165, 1.54) is 7.11 Å². The molecule has 0 saturated heterocycles. The van der Waals surface area contributed by atoms with Crippen molar-refractivity contribution in [1.82, 2.24) is 20.6 Å². The Labute approximate surface area is 277 Å². The SMILES string of the molecule is COC(=O)c1nc2oc1[C@]13c4cc(ccc4OC1Nc1c(-c4ccncc4)cccc13)C[C@H](NC(=O)[C@@H](O)C(C)C)C(=O)N[C@H]2C(C)C. The Kier molecular flexibility index (Phi) is 7.70. The summed E-state index contributed by atoms with van der Waals surface area (Å²) in [5, 5.41) is 19.9. The molecule has 2 amide bonds. The minimum absolute atomic E-state index is 0.0348. The summed E-state index contributed by atoms with van der Waals surface area (Å²) < 4.78 is 18.5. The minimum atomic E-state index is -1.30. The number of fused-ring (bicyclic) bond motifs is 4. The van der Waals surface area contributed by atoms with Crippen LogP contribution in [-0.4, -0.2) is 58.3 Å². The number of nitrogens with zero attached hydrogens (tertiary/aromatic N) is 2. The third-order valence-corrected chi connectivity index (χ3v) is 9.45. The van der Waals surface area contributed by atoms with Gasteiger partial charge in [-0.3, -0.25) is 14.6 Å². The number of ether oxygens (including phenoxy) is 2. The number of amides is 2. The second-order valence-electron chi connectivity index (χ2n) is 13.2. The predicted octanol–water partition coefficient (Wildman–Crippen LogP) is 3.87. The van der Waals surface area contributed by atoms with E-state index >= 15 is 0 Å². The number of benzene rings is 2. The summed E-state index contributed by atoms with van der Waals surface area (Å²) in [7, 11) is 1.28. The zero-order valence-electron chi connectivity index (χ0n) is 27.2. The number of pyridine rings is 1. The molecule has 5 atom stereocenters. The topological polar surface area (TPSA) is 165 Å². The van der Waals surface area contributed by atoms with Gasteiger partial charge in [-0.1, -0.05) is 58.0 Å². The van der Waals surface area contributed by atoms with Crippen molar-refractivity contribution in [2.45, 2.75) is 63.9 Å². The first-order chi connectivity index (χ1) is 23.0. The average molecular weight is 652 g/mol. The fourth-order valence-electron chi connectivity index (χ4n) is 6.94. The molecule has 0 radical (unpaired) electrons. The van der Waals surface area contributed by atoms with Gasteiger partial charge in [0.05, 0.1) is 7.11 Å². The first kappa shape index (κ1) is 31.4. The number of rotatable bonds is 6. The van der Waals surface area contributed by atoms with Gasteiger partial charge in [0.1, 0.15) is 29.4 Å². The Morgan fingerprint density at radius 2 is 1.83 bits per heavy atom. The maximum Gasteiger partial charge on any atom is 0.360 e. The van der Waals surface area contributed by atoms with E-state index in [0.717, 1.165) is 27.9 Å². The Morgan fingerprint density at radius 3 is 2.54 bits per heavy atom. The molecule has 3 aliphatic rings. The van der Waals surface area contributed by atoms with E-state index in [1.54, 1.807) is 26.2 Å². The van der Waals surface area contributed by atoms with Crippen LogP contribution in [-0.2, 0) is 26.2 Å². The summed E-state index contributed by atoms with van der Waals surface area (Å²) in [6.07, 6.45) is 1.53. The minimum Gasteiger partial charge on any atom is -0.469 e. The van der Waals surface area contributed by atoms with Crippen molar-refractivity contribution in [3.05, 3.63) is 95.0 Å². The number of oxazole rings is 1. The van der Waals surface area contributed by atoms with Crippen molar-refractivity contribution in [3.8, 4) is 16.9 Å². The van der Waals surface area contributed by atoms with Crippen molar-refractivity contribution >= 4 is 23.5 Å². The van der Waals surface area contributed by atoms with Crippen LogP contribution in [0.25, 0.3) is 11.1 Å². The van der Waals surface area contributed by atoms with E-state index in [0.29, 0.717) is 11.3 Å². The molecule has 0 saturated carbocycles. The summed E-state index contributed by atoms with van der Waals surface area (Å²) in [6, 6.07) is 13.5. The van der Waals surface area contributed by atoms with Crippen molar-refractivity contribution in [2.75, 3.05) is 12.4 Å². The van der Waals surface area contributed by atoms with Gasteiger partial charge < -0.3 is 34.9 Å². The van der Waals surface area contributed by atoms with E-state index in [2.05, 4.69) is 20.9 Å². The first-order valence-corrected chi connectivity index (χ1v) is 16.0. The fraction of sp³-hybridized carbons (Fsp3) is 0.361. The number of carbonyl (C=O) groups excluding carboxylic acids is 3. The fourth-order valence-corrected chi connectivity index (χ4v) is 6.94. The highest BCUT2D eigenvalue weighted by atomic mass is 16.5. The van der Waals surface area contributed by atoms with Crippen LogP contribution in [0.2, 0.25) is 0 Å². The molecule has 2 aromatic heterocycles. The Morgan fingerprint density at radius 1 is 1.06 bits per heavy atom. The van der Waals surface area contributed by atoms with Crippen LogP contribution in [0.5, 0.6) is 5.75 Å². The number of aromatic nitrogens is 2. The molecule has 2 aromatic carbocycles. The molecule has 4 N–H and O–H groups in total. The molecule has 0 aliphatic carbocycles. The number of para-hydroxylation sites is 1. The van der Waals surface area contributed by atoms with Gasteiger partial charge in [-0.15, -0.1) is 0 Å². The van der Waals surface area contributed by atoms with Gasteiger partial charge >= 0.3 is 5.97 Å². The number of nitrogens with one attached hydrogen (secondary N) is 3. The Bertz CT molecular complexity index is 1920. The summed E-state index contributed by atoms with van der Waals surface area (Å²) in [5.41, 5.74) is 3.63. The second-order valence-corrected chi connectivity index (χ2v) is 13.2. The molecule has 248 valence electrons. The molecule has 7 rings (SSSR count). The van der Waals surface area contributed by atoms with Crippen molar-refractivity contribution < 1.29 is 33.4 Å². The Hall–Kier alpha value is -5.23. The molecule has 1 unspecified atom stereocenters. The monoisotopic (exact) mass is 651 g/mol. The molecular weight excluding hydrogens is 614 g/mol. The number of hydrogen-bond acceptors (Lipinski definition) is 10. The molecule has 3 aliphatic heterocycles. The lowest BCUT2D eigenvalue weighted by molar-refractivity contribution is -0.135. The number of esters is 1. The predicted molar refractivity (Wildman–Crippen MR) is 174 cm³/mol. The lowest BCUT2D eigenvalue weighted by Gasteiger charge is -2.29. The van der Waals surface area contributed by atoms with E-state index in [-0.39, 0.29) is 35.6 Å². The zero-order valence-corrected chi connectivity index (χ0v) is 27.2. The van der Waals surface area contributed by atoms with Gasteiger partial charge in [0, 0.05) is 41.2 Å². The summed E-state index contributed by atoms with van der Waals surface area (Å²) >= 11 is 0. The van der Waals surface area contributed by atoms with Crippen LogP contribution in [0, 0.1) is 11.8 Å². The summed E-state index contributed by atoms with van der Waals surface area (Å²) in [6.45, 7) is 7.23. The quantitative estimate of drug-likeness (QED) is 0.225.